The zero-order valence-corrected chi connectivity index (χ0v) is 17.3. The molecule has 142 valence electrons. The third kappa shape index (κ3) is 7.34. The maximum Gasteiger partial charge on any atom is 0.287 e. The lowest BCUT2D eigenvalue weighted by Gasteiger charge is -2.12. The molecule has 2 aromatic rings. The van der Waals surface area contributed by atoms with Gasteiger partial charge >= 0.3 is 0 Å². The molecular formula is C18H25IN4O3. The normalized spacial score (nSPS) is 10.6. The van der Waals surface area contributed by atoms with E-state index in [1.165, 1.54) is 11.8 Å². The molecule has 1 heterocycles. The summed E-state index contributed by atoms with van der Waals surface area (Å²) < 4.78 is 10.2. The van der Waals surface area contributed by atoms with Crippen LogP contribution in [0.4, 0.5) is 0 Å². The van der Waals surface area contributed by atoms with Crippen molar-refractivity contribution in [3.05, 3.63) is 54.0 Å². The van der Waals surface area contributed by atoms with Crippen LogP contribution in [0.3, 0.4) is 0 Å². The van der Waals surface area contributed by atoms with Gasteiger partial charge in [0.1, 0.15) is 5.75 Å². The predicted molar refractivity (Wildman–Crippen MR) is 113 cm³/mol. The molecule has 0 spiro atoms. The number of rotatable bonds is 8. The molecule has 8 heteroatoms. The Bertz CT molecular complexity index is 672. The van der Waals surface area contributed by atoms with Crippen molar-refractivity contribution in [3.63, 3.8) is 0 Å². The summed E-state index contributed by atoms with van der Waals surface area (Å²) in [5.74, 6) is 1.63. The van der Waals surface area contributed by atoms with Gasteiger partial charge in [0, 0.05) is 26.7 Å². The molecule has 0 aliphatic carbocycles. The highest BCUT2D eigenvalue weighted by molar-refractivity contribution is 14.0. The lowest BCUT2D eigenvalue weighted by atomic mass is 10.1. The minimum Gasteiger partial charge on any atom is -0.497 e. The number of aliphatic imine (C=N–C) groups is 1. The average molecular weight is 472 g/mol. The largest absolute Gasteiger partial charge is 0.497 e. The van der Waals surface area contributed by atoms with Crippen molar-refractivity contribution < 1.29 is 13.9 Å². The number of furan rings is 1. The Balaban J connectivity index is 0.00000338. The molecule has 3 N–H and O–H groups in total. The van der Waals surface area contributed by atoms with Crippen LogP contribution in [0, 0.1) is 0 Å². The molecule has 0 aliphatic heterocycles. The lowest BCUT2D eigenvalue weighted by molar-refractivity contribution is 0.0926. The minimum atomic E-state index is -0.228. The maximum atomic E-state index is 11.7. The third-order valence-corrected chi connectivity index (χ3v) is 3.54. The molecule has 1 aromatic carbocycles. The van der Waals surface area contributed by atoms with E-state index < -0.39 is 0 Å². The molecule has 0 aliphatic rings. The second-order valence-electron chi connectivity index (χ2n) is 5.26. The van der Waals surface area contributed by atoms with Gasteiger partial charge in [0.05, 0.1) is 13.4 Å². The van der Waals surface area contributed by atoms with Crippen LogP contribution in [-0.4, -0.2) is 45.7 Å². The van der Waals surface area contributed by atoms with E-state index >= 15 is 0 Å². The van der Waals surface area contributed by atoms with E-state index in [-0.39, 0.29) is 29.9 Å². The van der Waals surface area contributed by atoms with Gasteiger partial charge in [-0.2, -0.15) is 0 Å². The molecule has 0 unspecified atom stereocenters. The summed E-state index contributed by atoms with van der Waals surface area (Å²) in [4.78, 5) is 15.9. The van der Waals surface area contributed by atoms with E-state index in [2.05, 4.69) is 20.9 Å². The standard InChI is InChI=1S/C18H24N4O3.HI/c1-19-18(21-10-9-14-5-7-15(24-2)8-6-14)22-12-11-20-17(23)16-4-3-13-25-16;/h3-8,13H,9-12H2,1-2H3,(H,20,23)(H2,19,21,22);1H. The number of nitrogens with zero attached hydrogens (tertiary/aromatic N) is 1. The molecule has 0 bridgehead atoms. The Labute approximate surface area is 170 Å². The van der Waals surface area contributed by atoms with Crippen LogP contribution >= 0.6 is 24.0 Å². The first-order valence-corrected chi connectivity index (χ1v) is 8.12. The summed E-state index contributed by atoms with van der Waals surface area (Å²) in [6.45, 7) is 1.79. The number of guanidine groups is 1. The second-order valence-corrected chi connectivity index (χ2v) is 5.26. The topological polar surface area (TPSA) is 87.9 Å². The Morgan fingerprint density at radius 1 is 1.08 bits per heavy atom. The third-order valence-electron chi connectivity index (χ3n) is 3.54. The first-order chi connectivity index (χ1) is 12.2. The Hall–Kier alpha value is -2.23. The highest BCUT2D eigenvalue weighted by atomic mass is 127. The summed E-state index contributed by atoms with van der Waals surface area (Å²) in [5, 5.41) is 9.15. The SMILES string of the molecule is CN=C(NCCNC(=O)c1ccco1)NCCc1ccc(OC)cc1.I. The molecule has 1 aromatic heterocycles. The number of halogens is 1. The van der Waals surface area contributed by atoms with Crippen LogP contribution in [0.2, 0.25) is 0 Å². The van der Waals surface area contributed by atoms with Crippen LogP contribution in [0.1, 0.15) is 16.1 Å². The highest BCUT2D eigenvalue weighted by Gasteiger charge is 2.06. The van der Waals surface area contributed by atoms with Gasteiger partial charge in [-0.3, -0.25) is 9.79 Å². The number of carbonyl (C=O) groups excluding carboxylic acids is 1. The van der Waals surface area contributed by atoms with Gasteiger partial charge in [-0.05, 0) is 36.2 Å². The molecule has 7 nitrogen and oxygen atoms in total. The van der Waals surface area contributed by atoms with Crippen LogP contribution in [0.25, 0.3) is 0 Å². The molecular weight excluding hydrogens is 447 g/mol. The fourth-order valence-electron chi connectivity index (χ4n) is 2.19. The molecule has 26 heavy (non-hydrogen) atoms. The van der Waals surface area contributed by atoms with Gasteiger partial charge in [0.2, 0.25) is 0 Å². The van der Waals surface area contributed by atoms with Crippen molar-refractivity contribution in [2.45, 2.75) is 6.42 Å². The first kappa shape index (κ1) is 21.8. The molecule has 0 saturated heterocycles. The second kappa shape index (κ2) is 12.2. The predicted octanol–water partition coefficient (Wildman–Crippen LogP) is 2.04. The lowest BCUT2D eigenvalue weighted by Crippen LogP contribution is -2.42. The van der Waals surface area contributed by atoms with Crippen molar-refractivity contribution >= 4 is 35.8 Å². The average Bonchev–Trinajstić information content (AvgIpc) is 3.19. The van der Waals surface area contributed by atoms with Crippen molar-refractivity contribution in [2.75, 3.05) is 33.8 Å². The van der Waals surface area contributed by atoms with Crippen LogP contribution < -0.4 is 20.7 Å². The van der Waals surface area contributed by atoms with Gasteiger partial charge in [-0.15, -0.1) is 24.0 Å². The van der Waals surface area contributed by atoms with Gasteiger partial charge in [0.15, 0.2) is 11.7 Å². The van der Waals surface area contributed by atoms with E-state index in [0.717, 1.165) is 18.7 Å². The number of carbonyl (C=O) groups is 1. The number of amides is 1. The highest BCUT2D eigenvalue weighted by Crippen LogP contribution is 2.11. The number of ether oxygens (including phenoxy) is 1. The van der Waals surface area contributed by atoms with E-state index in [1.54, 1.807) is 26.3 Å². The molecule has 0 fully saturated rings. The molecule has 0 atom stereocenters. The monoisotopic (exact) mass is 472 g/mol. The Kier molecular flexibility index (Phi) is 10.2. The summed E-state index contributed by atoms with van der Waals surface area (Å²) >= 11 is 0. The van der Waals surface area contributed by atoms with Crippen molar-refractivity contribution in [1.82, 2.24) is 16.0 Å². The Morgan fingerprint density at radius 3 is 2.38 bits per heavy atom. The van der Waals surface area contributed by atoms with Crippen molar-refractivity contribution in [2.24, 2.45) is 4.99 Å². The van der Waals surface area contributed by atoms with Gasteiger partial charge in [0.25, 0.3) is 5.91 Å². The Morgan fingerprint density at radius 2 is 1.77 bits per heavy atom. The molecule has 2 rings (SSSR count). The van der Waals surface area contributed by atoms with E-state index in [9.17, 15) is 4.79 Å². The minimum absolute atomic E-state index is 0. The fraction of sp³-hybridized carbons (Fsp3) is 0.333. The van der Waals surface area contributed by atoms with Crippen molar-refractivity contribution in [3.8, 4) is 5.75 Å². The summed E-state index contributed by atoms with van der Waals surface area (Å²) in [6.07, 6.45) is 2.35. The van der Waals surface area contributed by atoms with E-state index in [4.69, 9.17) is 9.15 Å². The fourth-order valence-corrected chi connectivity index (χ4v) is 2.19. The van der Waals surface area contributed by atoms with Gasteiger partial charge < -0.3 is 25.1 Å². The maximum absolute atomic E-state index is 11.7. The zero-order chi connectivity index (χ0) is 17.9. The molecule has 0 saturated carbocycles. The van der Waals surface area contributed by atoms with Gasteiger partial charge in [-0.25, -0.2) is 0 Å². The first-order valence-electron chi connectivity index (χ1n) is 8.12. The number of benzene rings is 1. The van der Waals surface area contributed by atoms with E-state index in [0.29, 0.717) is 24.8 Å². The number of nitrogens with one attached hydrogen (secondary N) is 3. The summed E-state index contributed by atoms with van der Waals surface area (Å²) in [7, 11) is 3.37. The van der Waals surface area contributed by atoms with Gasteiger partial charge in [-0.1, -0.05) is 12.1 Å². The quantitative estimate of drug-likeness (QED) is 0.237. The number of hydrogen-bond acceptors (Lipinski definition) is 4. The van der Waals surface area contributed by atoms with Crippen LogP contribution in [0.15, 0.2) is 52.1 Å². The smallest absolute Gasteiger partial charge is 0.287 e. The van der Waals surface area contributed by atoms with Crippen LogP contribution in [-0.2, 0) is 6.42 Å². The summed E-state index contributed by atoms with van der Waals surface area (Å²) in [6, 6.07) is 11.3. The molecule has 1 amide bonds. The number of hydrogen-bond donors (Lipinski definition) is 3. The van der Waals surface area contributed by atoms with Crippen molar-refractivity contribution in [1.29, 1.82) is 0 Å². The zero-order valence-electron chi connectivity index (χ0n) is 15.0. The molecule has 0 radical (unpaired) electrons. The van der Waals surface area contributed by atoms with E-state index in [1.807, 2.05) is 24.3 Å². The van der Waals surface area contributed by atoms with Crippen LogP contribution in [0.5, 0.6) is 5.75 Å². The summed E-state index contributed by atoms with van der Waals surface area (Å²) in [5.41, 5.74) is 1.22. The number of methoxy groups -OCH3 is 1.